The Morgan fingerprint density at radius 1 is 1.32 bits per heavy atom. The summed E-state index contributed by atoms with van der Waals surface area (Å²) in [4.78, 5) is 23.7. The van der Waals surface area contributed by atoms with Gasteiger partial charge in [-0.05, 0) is 25.1 Å². The largest absolute Gasteiger partial charge is 0.506 e. The van der Waals surface area contributed by atoms with Crippen LogP contribution in [-0.2, 0) is 9.53 Å². The number of benzene rings is 1. The number of aromatic nitrogens is 3. The van der Waals surface area contributed by atoms with Crippen LogP contribution in [0.5, 0.6) is 0 Å². The van der Waals surface area contributed by atoms with Crippen molar-refractivity contribution < 1.29 is 14.6 Å². The lowest BCUT2D eigenvalue weighted by Gasteiger charge is -2.09. The van der Waals surface area contributed by atoms with Crippen LogP contribution >= 0.6 is 23.2 Å². The molecule has 0 fully saturated rings. The van der Waals surface area contributed by atoms with Gasteiger partial charge in [-0.3, -0.25) is 0 Å². The molecule has 3 rings (SSSR count). The van der Waals surface area contributed by atoms with Crippen LogP contribution in [0.1, 0.15) is 18.3 Å². The molecular weight excluding hydrogens is 365 g/mol. The van der Waals surface area contributed by atoms with E-state index in [0.29, 0.717) is 11.0 Å². The maximum atomic E-state index is 12.4. The zero-order valence-electron chi connectivity index (χ0n) is 13.1. The van der Waals surface area contributed by atoms with Crippen LogP contribution in [-0.4, -0.2) is 32.6 Å². The number of aliphatic hydroxyl groups excluding tert-OH is 1. The van der Waals surface area contributed by atoms with E-state index in [0.717, 1.165) is 0 Å². The number of carbonyl (C=O) groups excluding carboxylic acids is 1. The SMILES string of the molecule is CCOC(=O)/C(=C(/O)c1cnc(Cl)cc1Cl)c1nc2ccccc2[nH]1. The Morgan fingerprint density at radius 2 is 2.08 bits per heavy atom. The highest BCUT2D eigenvalue weighted by Crippen LogP contribution is 2.30. The van der Waals surface area contributed by atoms with E-state index in [2.05, 4.69) is 15.0 Å². The van der Waals surface area contributed by atoms with E-state index in [1.54, 1.807) is 13.0 Å². The molecule has 0 radical (unpaired) electrons. The van der Waals surface area contributed by atoms with Crippen LogP contribution in [0.25, 0.3) is 22.4 Å². The molecular formula is C17H13Cl2N3O3. The molecule has 0 aliphatic carbocycles. The lowest BCUT2D eigenvalue weighted by Crippen LogP contribution is -2.11. The topological polar surface area (TPSA) is 88.1 Å². The van der Waals surface area contributed by atoms with Gasteiger partial charge in [-0.15, -0.1) is 0 Å². The molecule has 2 aromatic heterocycles. The van der Waals surface area contributed by atoms with Gasteiger partial charge in [-0.2, -0.15) is 0 Å². The van der Waals surface area contributed by atoms with Crippen LogP contribution in [0.4, 0.5) is 0 Å². The number of rotatable bonds is 4. The van der Waals surface area contributed by atoms with Gasteiger partial charge >= 0.3 is 5.97 Å². The maximum absolute atomic E-state index is 12.4. The van der Waals surface area contributed by atoms with Gasteiger partial charge in [0.1, 0.15) is 22.3 Å². The number of H-pyrrole nitrogens is 1. The number of esters is 1. The number of hydrogen-bond acceptors (Lipinski definition) is 5. The lowest BCUT2D eigenvalue weighted by atomic mass is 10.1. The van der Waals surface area contributed by atoms with Crippen molar-refractivity contribution in [1.82, 2.24) is 15.0 Å². The van der Waals surface area contributed by atoms with Crippen molar-refractivity contribution in [3.05, 3.63) is 58.1 Å². The normalized spacial score (nSPS) is 12.1. The summed E-state index contributed by atoms with van der Waals surface area (Å²) in [5.74, 6) is -0.958. The predicted octanol–water partition coefficient (Wildman–Crippen LogP) is 4.25. The first-order valence-corrected chi connectivity index (χ1v) is 8.13. The Bertz CT molecular complexity index is 949. The summed E-state index contributed by atoms with van der Waals surface area (Å²) < 4.78 is 5.05. The molecule has 128 valence electrons. The second kappa shape index (κ2) is 7.13. The summed E-state index contributed by atoms with van der Waals surface area (Å²) in [6.07, 6.45) is 1.28. The Hall–Kier alpha value is -2.57. The van der Waals surface area contributed by atoms with Gasteiger partial charge < -0.3 is 14.8 Å². The standard InChI is InChI=1S/C17H13Cl2N3O3/c1-2-25-17(24)14(15(23)9-8-20-13(19)7-10(9)18)16-21-11-5-3-4-6-12(11)22-16/h3-8,23H,2H2,1H3,(H,21,22)/b15-14+. The van der Waals surface area contributed by atoms with E-state index >= 15 is 0 Å². The predicted molar refractivity (Wildman–Crippen MR) is 96.4 cm³/mol. The second-order valence-corrected chi connectivity index (χ2v) is 5.83. The van der Waals surface area contributed by atoms with E-state index in [9.17, 15) is 9.90 Å². The molecule has 0 amide bonds. The smallest absolute Gasteiger partial charge is 0.345 e. The number of ether oxygens (including phenoxy) is 1. The third kappa shape index (κ3) is 3.45. The average molecular weight is 378 g/mol. The van der Waals surface area contributed by atoms with Gasteiger partial charge in [0, 0.05) is 6.20 Å². The number of aliphatic hydroxyl groups is 1. The van der Waals surface area contributed by atoms with Crippen molar-refractivity contribution in [3.63, 3.8) is 0 Å². The van der Waals surface area contributed by atoms with Crippen LogP contribution in [0.15, 0.2) is 36.5 Å². The summed E-state index contributed by atoms with van der Waals surface area (Å²) in [6.45, 7) is 1.81. The van der Waals surface area contributed by atoms with Crippen molar-refractivity contribution in [2.24, 2.45) is 0 Å². The van der Waals surface area contributed by atoms with Crippen molar-refractivity contribution in [2.75, 3.05) is 6.61 Å². The summed E-state index contributed by atoms with van der Waals surface area (Å²) in [7, 11) is 0. The average Bonchev–Trinajstić information content (AvgIpc) is 2.98. The molecule has 0 aliphatic rings. The molecule has 0 saturated carbocycles. The number of nitrogens with zero attached hydrogens (tertiary/aromatic N) is 2. The molecule has 6 nitrogen and oxygen atoms in total. The van der Waals surface area contributed by atoms with Gasteiger partial charge in [-0.25, -0.2) is 14.8 Å². The fourth-order valence-electron chi connectivity index (χ4n) is 2.30. The highest BCUT2D eigenvalue weighted by Gasteiger charge is 2.25. The van der Waals surface area contributed by atoms with E-state index in [-0.39, 0.29) is 33.7 Å². The number of pyridine rings is 1. The van der Waals surface area contributed by atoms with Crippen LogP contribution in [0.3, 0.4) is 0 Å². The minimum Gasteiger partial charge on any atom is -0.506 e. The highest BCUT2D eigenvalue weighted by atomic mass is 35.5. The molecule has 0 bridgehead atoms. The van der Waals surface area contributed by atoms with Gasteiger partial charge in [-0.1, -0.05) is 35.3 Å². The number of nitrogens with one attached hydrogen (secondary N) is 1. The molecule has 2 heterocycles. The third-order valence-corrected chi connectivity index (χ3v) is 3.94. The molecule has 0 saturated heterocycles. The van der Waals surface area contributed by atoms with Crippen molar-refractivity contribution in [1.29, 1.82) is 0 Å². The molecule has 0 aliphatic heterocycles. The molecule has 1 aromatic carbocycles. The number of carbonyl (C=O) groups is 1. The first-order valence-electron chi connectivity index (χ1n) is 7.38. The zero-order chi connectivity index (χ0) is 18.0. The van der Waals surface area contributed by atoms with Crippen molar-refractivity contribution >= 4 is 51.5 Å². The molecule has 2 N–H and O–H groups in total. The Kier molecular flexibility index (Phi) is 4.92. The number of halogens is 2. The van der Waals surface area contributed by atoms with E-state index in [4.69, 9.17) is 27.9 Å². The fraction of sp³-hybridized carbons (Fsp3) is 0.118. The minimum absolute atomic E-state index is 0.135. The van der Waals surface area contributed by atoms with Gasteiger partial charge in [0.15, 0.2) is 0 Å². The van der Waals surface area contributed by atoms with Crippen LogP contribution in [0, 0.1) is 0 Å². The second-order valence-electron chi connectivity index (χ2n) is 5.03. The summed E-state index contributed by atoms with van der Waals surface area (Å²) >= 11 is 11.9. The van der Waals surface area contributed by atoms with Crippen molar-refractivity contribution in [2.45, 2.75) is 6.92 Å². The minimum atomic E-state index is -0.731. The number of aromatic amines is 1. The molecule has 0 unspecified atom stereocenters. The van der Waals surface area contributed by atoms with Crippen LogP contribution < -0.4 is 0 Å². The molecule has 3 aromatic rings. The Labute approximate surface area is 153 Å². The fourth-order valence-corrected chi connectivity index (χ4v) is 2.75. The Balaban J connectivity index is 2.21. The highest BCUT2D eigenvalue weighted by molar-refractivity contribution is 6.35. The monoisotopic (exact) mass is 377 g/mol. The quantitative estimate of drug-likeness (QED) is 0.307. The van der Waals surface area contributed by atoms with Gasteiger partial charge in [0.2, 0.25) is 0 Å². The van der Waals surface area contributed by atoms with Gasteiger partial charge in [0.05, 0.1) is 28.2 Å². The molecule has 8 heteroatoms. The number of fused-ring (bicyclic) bond motifs is 1. The Morgan fingerprint density at radius 3 is 2.76 bits per heavy atom. The lowest BCUT2D eigenvalue weighted by molar-refractivity contribution is -0.136. The maximum Gasteiger partial charge on any atom is 0.345 e. The van der Waals surface area contributed by atoms with Crippen LogP contribution in [0.2, 0.25) is 10.2 Å². The van der Waals surface area contributed by atoms with E-state index in [1.165, 1.54) is 12.3 Å². The molecule has 0 spiro atoms. The third-order valence-electron chi connectivity index (χ3n) is 3.42. The number of hydrogen-bond donors (Lipinski definition) is 2. The van der Waals surface area contributed by atoms with Crippen molar-refractivity contribution in [3.8, 4) is 0 Å². The molecule has 25 heavy (non-hydrogen) atoms. The summed E-state index contributed by atoms with van der Waals surface area (Å²) in [6, 6.07) is 8.61. The number of imidazole rings is 1. The first-order chi connectivity index (χ1) is 12.0. The summed E-state index contributed by atoms with van der Waals surface area (Å²) in [5.41, 5.74) is 1.37. The summed E-state index contributed by atoms with van der Waals surface area (Å²) in [5, 5.41) is 11.0. The first kappa shape index (κ1) is 17.3. The number of para-hydroxylation sites is 2. The van der Waals surface area contributed by atoms with Gasteiger partial charge in [0.25, 0.3) is 0 Å². The molecule has 0 atom stereocenters. The van der Waals surface area contributed by atoms with E-state index in [1.807, 2.05) is 18.2 Å². The zero-order valence-corrected chi connectivity index (χ0v) is 14.6. The van der Waals surface area contributed by atoms with E-state index < -0.39 is 11.7 Å².